The molecule has 5 nitrogen and oxygen atoms in total. The summed E-state index contributed by atoms with van der Waals surface area (Å²) in [4.78, 5) is -0.472. The third-order valence-electron chi connectivity index (χ3n) is 4.38. The van der Waals surface area contributed by atoms with E-state index in [2.05, 4.69) is 6.92 Å². The first-order valence-electron chi connectivity index (χ1n) is 9.45. The topological polar surface area (TPSA) is 86.7 Å². The van der Waals surface area contributed by atoms with Crippen LogP contribution in [0.15, 0.2) is 47.4 Å². The van der Waals surface area contributed by atoms with Crippen molar-refractivity contribution in [2.24, 2.45) is 0 Å². The van der Waals surface area contributed by atoms with Crippen molar-refractivity contribution in [3.63, 3.8) is 0 Å². The fraction of sp³-hybridized carbons (Fsp3) is 0.429. The van der Waals surface area contributed by atoms with Crippen molar-refractivity contribution in [2.45, 2.75) is 63.2 Å². The number of hydrogen-bond donors (Lipinski definition) is 1. The molecule has 0 spiro atoms. The van der Waals surface area contributed by atoms with E-state index >= 15 is 0 Å². The second kappa shape index (κ2) is 13.0. The van der Waals surface area contributed by atoms with Gasteiger partial charge in [-0.2, -0.15) is 8.42 Å². The standard InChI is InChI=1S/C21H28O5S.K/c1-2-3-4-5-6-7-8-9-17-10-12-19(13-11-17)26-20-14-18(22)15-21(16-20)27(23,24)25;/h10-16,22H,2-9H2,1H3,(H,23,24,25);/q;+1/p-1. The summed E-state index contributed by atoms with van der Waals surface area (Å²) in [6.07, 6.45) is 9.91. The van der Waals surface area contributed by atoms with Gasteiger partial charge < -0.3 is 9.84 Å². The Morgan fingerprint density at radius 1 is 0.893 bits per heavy atom. The summed E-state index contributed by atoms with van der Waals surface area (Å²) in [5.41, 5.74) is 1.21. The van der Waals surface area contributed by atoms with E-state index in [0.717, 1.165) is 25.0 Å². The molecule has 0 unspecified atom stereocenters. The van der Waals surface area contributed by atoms with Crippen molar-refractivity contribution in [3.8, 4) is 17.2 Å². The van der Waals surface area contributed by atoms with E-state index < -0.39 is 20.8 Å². The van der Waals surface area contributed by atoms with Gasteiger partial charge in [-0.25, -0.2) is 0 Å². The normalized spacial score (nSPS) is 11.1. The minimum Gasteiger partial charge on any atom is -0.872 e. The first kappa shape index (κ1) is 25.6. The van der Waals surface area contributed by atoms with E-state index in [9.17, 15) is 13.5 Å². The number of ether oxygens (including phenoxy) is 1. The minimum atomic E-state index is -4.45. The molecule has 0 aliphatic rings. The molecular formula is C21H27KO5S. The summed E-state index contributed by atoms with van der Waals surface area (Å²) in [7, 11) is -4.45. The fourth-order valence-corrected chi connectivity index (χ4v) is 3.43. The maximum absolute atomic E-state index is 11.6. The molecule has 2 aromatic rings. The van der Waals surface area contributed by atoms with Gasteiger partial charge in [-0.05, 0) is 42.7 Å². The molecule has 0 aromatic heterocycles. The largest absolute Gasteiger partial charge is 1.00 e. The molecule has 28 heavy (non-hydrogen) atoms. The fourth-order valence-electron chi connectivity index (χ4n) is 2.90. The molecule has 0 aliphatic heterocycles. The summed E-state index contributed by atoms with van der Waals surface area (Å²) < 4.78 is 37.0. The Kier molecular flexibility index (Phi) is 11.9. The third-order valence-corrected chi connectivity index (χ3v) is 5.21. The monoisotopic (exact) mass is 430 g/mol. The Labute approximate surface area is 210 Å². The number of rotatable bonds is 11. The molecule has 1 N–H and O–H groups in total. The zero-order chi connectivity index (χ0) is 19.7. The van der Waals surface area contributed by atoms with Crippen LogP contribution in [0.4, 0.5) is 0 Å². The smallest absolute Gasteiger partial charge is 0.872 e. The zero-order valence-electron chi connectivity index (χ0n) is 16.7. The second-order valence-corrected chi connectivity index (χ2v) is 8.15. The quantitative estimate of drug-likeness (QED) is 0.335. The van der Waals surface area contributed by atoms with Crippen molar-refractivity contribution in [3.05, 3.63) is 48.0 Å². The predicted octanol–water partition coefficient (Wildman–Crippen LogP) is 2.10. The Morgan fingerprint density at radius 2 is 1.50 bits per heavy atom. The summed E-state index contributed by atoms with van der Waals surface area (Å²) in [5, 5.41) is 11.6. The van der Waals surface area contributed by atoms with Crippen LogP contribution in [0.3, 0.4) is 0 Å². The number of hydrogen-bond acceptors (Lipinski definition) is 4. The maximum atomic E-state index is 11.6. The molecular weight excluding hydrogens is 403 g/mol. The van der Waals surface area contributed by atoms with Gasteiger partial charge in [-0.15, -0.1) is 5.75 Å². The van der Waals surface area contributed by atoms with Gasteiger partial charge in [0, 0.05) is 6.07 Å². The Morgan fingerprint density at radius 3 is 2.11 bits per heavy atom. The number of aryl methyl sites for hydroxylation is 1. The Bertz CT molecular complexity index is 819. The van der Waals surface area contributed by atoms with Crippen molar-refractivity contribution < 1.29 is 74.2 Å². The summed E-state index contributed by atoms with van der Waals surface area (Å²) in [6, 6.07) is 10.7. The van der Waals surface area contributed by atoms with E-state index in [1.54, 1.807) is 12.1 Å². The molecule has 0 bridgehead atoms. The molecule has 0 saturated carbocycles. The summed E-state index contributed by atoms with van der Waals surface area (Å²) in [6.45, 7) is 2.22. The molecule has 0 saturated heterocycles. The summed E-state index contributed by atoms with van der Waals surface area (Å²) >= 11 is 0. The molecule has 7 heteroatoms. The van der Waals surface area contributed by atoms with Crippen molar-refractivity contribution in [1.82, 2.24) is 0 Å². The minimum absolute atomic E-state index is 0. The van der Waals surface area contributed by atoms with Crippen LogP contribution in [0, 0.1) is 0 Å². The molecule has 0 fully saturated rings. The first-order chi connectivity index (χ1) is 12.9. The average molecular weight is 431 g/mol. The Hall–Kier alpha value is -0.414. The molecule has 0 amide bonds. The van der Waals surface area contributed by atoms with Crippen LogP contribution >= 0.6 is 0 Å². The van der Waals surface area contributed by atoms with Gasteiger partial charge in [0.05, 0.1) is 4.90 Å². The molecule has 2 aromatic carbocycles. The van der Waals surface area contributed by atoms with Crippen LogP contribution in [0.25, 0.3) is 0 Å². The van der Waals surface area contributed by atoms with Crippen molar-refractivity contribution in [1.29, 1.82) is 0 Å². The molecule has 0 heterocycles. The van der Waals surface area contributed by atoms with E-state index in [1.165, 1.54) is 50.2 Å². The van der Waals surface area contributed by atoms with Crippen molar-refractivity contribution >= 4 is 10.1 Å². The zero-order valence-corrected chi connectivity index (χ0v) is 20.6. The maximum Gasteiger partial charge on any atom is 1.00 e. The van der Waals surface area contributed by atoms with Gasteiger partial charge in [0.15, 0.2) is 0 Å². The van der Waals surface area contributed by atoms with Gasteiger partial charge in [0.25, 0.3) is 10.1 Å². The van der Waals surface area contributed by atoms with E-state index in [4.69, 9.17) is 9.29 Å². The Balaban J connectivity index is 0.00000392. The van der Waals surface area contributed by atoms with Gasteiger partial charge in [-0.3, -0.25) is 4.55 Å². The first-order valence-corrected chi connectivity index (χ1v) is 10.9. The van der Waals surface area contributed by atoms with E-state index in [-0.39, 0.29) is 57.1 Å². The number of unbranched alkanes of at least 4 members (excludes halogenated alkanes) is 6. The van der Waals surface area contributed by atoms with Crippen molar-refractivity contribution in [2.75, 3.05) is 0 Å². The molecule has 148 valence electrons. The van der Waals surface area contributed by atoms with Crippen LogP contribution in [-0.4, -0.2) is 13.0 Å². The van der Waals surface area contributed by atoms with E-state index in [0.29, 0.717) is 5.75 Å². The van der Waals surface area contributed by atoms with Crippen LogP contribution in [0.1, 0.15) is 57.4 Å². The van der Waals surface area contributed by atoms with Gasteiger partial charge >= 0.3 is 51.4 Å². The third kappa shape index (κ3) is 9.39. The van der Waals surface area contributed by atoms with Gasteiger partial charge in [0.1, 0.15) is 11.5 Å². The van der Waals surface area contributed by atoms with Crippen LogP contribution in [0.2, 0.25) is 0 Å². The number of benzene rings is 2. The SMILES string of the molecule is CCCCCCCCCc1ccc(Oc2cc([O-])cc(S(=O)(=O)O)c2)cc1.[K+]. The predicted molar refractivity (Wildman–Crippen MR) is 104 cm³/mol. The second-order valence-electron chi connectivity index (χ2n) is 6.73. The van der Waals surface area contributed by atoms with Crippen LogP contribution in [-0.2, 0) is 16.5 Å². The molecule has 0 radical (unpaired) electrons. The molecule has 0 aliphatic carbocycles. The van der Waals surface area contributed by atoms with E-state index in [1.807, 2.05) is 12.1 Å². The van der Waals surface area contributed by atoms with Crippen LogP contribution < -0.4 is 61.2 Å². The molecule has 2 rings (SSSR count). The van der Waals surface area contributed by atoms with Gasteiger partial charge in [-0.1, -0.05) is 57.6 Å². The molecule has 0 atom stereocenters. The summed E-state index contributed by atoms with van der Waals surface area (Å²) in [5.74, 6) is 0.0378. The van der Waals surface area contributed by atoms with Gasteiger partial charge in [0.2, 0.25) is 0 Å². The average Bonchev–Trinajstić information content (AvgIpc) is 2.61. The van der Waals surface area contributed by atoms with Crippen LogP contribution in [0.5, 0.6) is 17.2 Å².